The van der Waals surface area contributed by atoms with Crippen LogP contribution in [0.5, 0.6) is 0 Å². The van der Waals surface area contributed by atoms with Crippen LogP contribution in [0, 0.1) is 0 Å². The SMILES string of the molecule is Cn1c(=NN=C2c3cc(S(=O)(=O)NCCO)ccc3-c3ccc(S(=O)(=O)NCCO)cc32)sc2ccccc21. The minimum absolute atomic E-state index is 0.0277. The van der Waals surface area contributed by atoms with Crippen LogP contribution in [0.25, 0.3) is 21.3 Å². The Morgan fingerprint density at radius 1 is 0.769 bits per heavy atom. The van der Waals surface area contributed by atoms with Gasteiger partial charge in [0.15, 0.2) is 0 Å². The van der Waals surface area contributed by atoms with E-state index in [1.54, 1.807) is 12.1 Å². The highest BCUT2D eigenvalue weighted by atomic mass is 32.2. The molecule has 39 heavy (non-hydrogen) atoms. The average molecular weight is 588 g/mol. The molecule has 0 radical (unpaired) electrons. The van der Waals surface area contributed by atoms with Gasteiger partial charge in [-0.3, -0.25) is 0 Å². The Kier molecular flexibility index (Phi) is 7.52. The van der Waals surface area contributed by atoms with Crippen LogP contribution >= 0.6 is 11.3 Å². The number of sulfonamides is 2. The number of aromatic nitrogens is 1. The van der Waals surface area contributed by atoms with Gasteiger partial charge in [0.25, 0.3) is 0 Å². The molecule has 11 nitrogen and oxygen atoms in total. The van der Waals surface area contributed by atoms with Crippen molar-refractivity contribution < 1.29 is 27.0 Å². The van der Waals surface area contributed by atoms with E-state index >= 15 is 0 Å². The zero-order valence-corrected chi connectivity index (χ0v) is 23.1. The molecule has 0 amide bonds. The molecule has 5 rings (SSSR count). The van der Waals surface area contributed by atoms with Crippen molar-refractivity contribution in [2.75, 3.05) is 26.3 Å². The quantitative estimate of drug-likeness (QED) is 0.189. The molecule has 1 heterocycles. The van der Waals surface area contributed by atoms with Crippen molar-refractivity contribution in [1.82, 2.24) is 14.0 Å². The molecular formula is C25H25N5O6S3. The fourth-order valence-corrected chi connectivity index (χ4v) is 7.36. The Morgan fingerprint density at radius 2 is 1.31 bits per heavy atom. The Balaban J connectivity index is 1.70. The molecule has 1 aromatic heterocycles. The molecule has 4 N–H and O–H groups in total. The third kappa shape index (κ3) is 5.19. The molecule has 0 saturated carbocycles. The van der Waals surface area contributed by atoms with Crippen molar-refractivity contribution >= 4 is 47.3 Å². The van der Waals surface area contributed by atoms with Gasteiger partial charge in [-0.05, 0) is 47.5 Å². The molecule has 0 saturated heterocycles. The number of thiazole rings is 1. The zero-order chi connectivity index (χ0) is 27.8. The van der Waals surface area contributed by atoms with E-state index in [-0.39, 0.29) is 36.1 Å². The highest BCUT2D eigenvalue weighted by Crippen LogP contribution is 2.39. The summed E-state index contributed by atoms with van der Waals surface area (Å²) < 4.78 is 58.7. The highest BCUT2D eigenvalue weighted by molar-refractivity contribution is 7.89. The summed E-state index contributed by atoms with van der Waals surface area (Å²) in [5.74, 6) is 0. The standard InChI is InChI=1S/C25H25N5O6S3/c1-30-22-4-2-3-5-23(22)37-25(30)29-28-24-20-14-16(38(33,34)26-10-12-31)6-8-18(20)19-9-7-17(15-21(19)24)39(35,36)27-11-13-32/h2-9,14-15,26-27,31-32H,10-13H2,1H3. The maximum Gasteiger partial charge on any atom is 0.240 e. The van der Waals surface area contributed by atoms with Crippen LogP contribution in [0.1, 0.15) is 11.1 Å². The third-order valence-electron chi connectivity index (χ3n) is 6.16. The van der Waals surface area contributed by atoms with Crippen LogP contribution in [-0.2, 0) is 27.1 Å². The van der Waals surface area contributed by atoms with E-state index in [0.29, 0.717) is 32.8 Å². The lowest BCUT2D eigenvalue weighted by atomic mass is 10.1. The number of aryl methyl sites for hydroxylation is 1. The fourth-order valence-electron chi connectivity index (χ4n) is 4.29. The van der Waals surface area contributed by atoms with E-state index in [4.69, 9.17) is 10.2 Å². The van der Waals surface area contributed by atoms with E-state index in [2.05, 4.69) is 19.6 Å². The van der Waals surface area contributed by atoms with Crippen LogP contribution in [-0.4, -0.2) is 63.6 Å². The summed E-state index contributed by atoms with van der Waals surface area (Å²) in [4.78, 5) is 0.542. The van der Waals surface area contributed by atoms with Crippen molar-refractivity contribution in [3.05, 3.63) is 76.6 Å². The number of aliphatic hydroxyl groups is 2. The summed E-state index contributed by atoms with van der Waals surface area (Å²) >= 11 is 1.43. The summed E-state index contributed by atoms with van der Waals surface area (Å²) in [5, 5.41) is 27.1. The van der Waals surface area contributed by atoms with Gasteiger partial charge < -0.3 is 14.8 Å². The van der Waals surface area contributed by atoms with Crippen LogP contribution in [0.3, 0.4) is 0 Å². The van der Waals surface area contributed by atoms with Gasteiger partial charge in [-0.2, -0.15) is 0 Å². The number of fused-ring (bicyclic) bond motifs is 4. The summed E-state index contributed by atoms with van der Waals surface area (Å²) in [5.41, 5.74) is 3.59. The van der Waals surface area contributed by atoms with Gasteiger partial charge in [0.2, 0.25) is 24.8 Å². The topological polar surface area (TPSA) is 162 Å². The second-order valence-electron chi connectivity index (χ2n) is 8.62. The Hall–Kier alpha value is -3.24. The molecule has 0 atom stereocenters. The van der Waals surface area contributed by atoms with E-state index in [1.807, 2.05) is 35.9 Å². The number of nitrogens with zero attached hydrogens (tertiary/aromatic N) is 3. The number of hydrogen-bond acceptors (Lipinski definition) is 9. The lowest BCUT2D eigenvalue weighted by Crippen LogP contribution is -2.26. The van der Waals surface area contributed by atoms with Gasteiger partial charge in [0, 0.05) is 31.3 Å². The average Bonchev–Trinajstić information content (AvgIpc) is 3.42. The second-order valence-corrected chi connectivity index (χ2v) is 13.2. The van der Waals surface area contributed by atoms with Gasteiger partial charge in [-0.25, -0.2) is 26.3 Å². The molecule has 4 aromatic rings. The maximum atomic E-state index is 12.8. The molecule has 0 aliphatic heterocycles. The Morgan fingerprint density at radius 3 is 1.82 bits per heavy atom. The molecule has 0 bridgehead atoms. The van der Waals surface area contributed by atoms with Gasteiger partial charge in [0.05, 0.1) is 33.2 Å². The first-order valence-electron chi connectivity index (χ1n) is 11.8. The predicted octanol–water partition coefficient (Wildman–Crippen LogP) is 1.11. The minimum atomic E-state index is -3.91. The Bertz CT molecular complexity index is 1800. The lowest BCUT2D eigenvalue weighted by Gasteiger charge is -2.08. The normalized spacial score (nSPS) is 13.6. The molecule has 0 unspecified atom stereocenters. The van der Waals surface area contributed by atoms with E-state index in [0.717, 1.165) is 10.2 Å². The largest absolute Gasteiger partial charge is 0.395 e. The van der Waals surface area contributed by atoms with Crippen molar-refractivity contribution in [3.8, 4) is 11.1 Å². The third-order valence-corrected chi connectivity index (χ3v) is 10.2. The van der Waals surface area contributed by atoms with E-state index in [1.165, 1.54) is 35.6 Å². The first kappa shape index (κ1) is 27.3. The molecular weight excluding hydrogens is 563 g/mol. The maximum absolute atomic E-state index is 12.8. The highest BCUT2D eigenvalue weighted by Gasteiger charge is 2.29. The first-order valence-corrected chi connectivity index (χ1v) is 15.6. The number of para-hydroxylation sites is 1. The molecule has 1 aliphatic rings. The van der Waals surface area contributed by atoms with Crippen LogP contribution < -0.4 is 14.2 Å². The fraction of sp³-hybridized carbons (Fsp3) is 0.200. The van der Waals surface area contributed by atoms with Crippen LogP contribution in [0.15, 0.2) is 80.7 Å². The van der Waals surface area contributed by atoms with Crippen LogP contribution in [0.4, 0.5) is 0 Å². The van der Waals surface area contributed by atoms with Gasteiger partial charge in [-0.15, -0.1) is 10.2 Å². The number of rotatable bonds is 9. The van der Waals surface area contributed by atoms with Crippen molar-refractivity contribution in [2.45, 2.75) is 9.79 Å². The van der Waals surface area contributed by atoms with Crippen LogP contribution in [0.2, 0.25) is 0 Å². The Labute approximate surface area is 228 Å². The smallest absolute Gasteiger partial charge is 0.240 e. The molecule has 14 heteroatoms. The predicted molar refractivity (Wildman–Crippen MR) is 148 cm³/mol. The molecule has 204 valence electrons. The summed E-state index contributed by atoms with van der Waals surface area (Å²) in [7, 11) is -5.97. The summed E-state index contributed by atoms with van der Waals surface area (Å²) in [6.07, 6.45) is 0. The van der Waals surface area contributed by atoms with Crippen molar-refractivity contribution in [2.24, 2.45) is 17.3 Å². The summed E-state index contributed by atoms with van der Waals surface area (Å²) in [6, 6.07) is 16.9. The second kappa shape index (κ2) is 10.7. The van der Waals surface area contributed by atoms with Gasteiger partial charge in [-0.1, -0.05) is 35.6 Å². The molecule has 0 spiro atoms. The van der Waals surface area contributed by atoms with Gasteiger partial charge >= 0.3 is 0 Å². The number of aliphatic hydroxyl groups excluding tert-OH is 2. The number of benzene rings is 3. The van der Waals surface area contributed by atoms with Crippen molar-refractivity contribution in [3.63, 3.8) is 0 Å². The zero-order valence-electron chi connectivity index (χ0n) is 20.7. The molecule has 3 aromatic carbocycles. The monoisotopic (exact) mass is 587 g/mol. The summed E-state index contributed by atoms with van der Waals surface area (Å²) in [6.45, 7) is -0.981. The first-order chi connectivity index (χ1) is 18.7. The minimum Gasteiger partial charge on any atom is -0.395 e. The van der Waals surface area contributed by atoms with Crippen molar-refractivity contribution in [1.29, 1.82) is 0 Å². The number of hydrogen-bond donors (Lipinski definition) is 4. The lowest BCUT2D eigenvalue weighted by molar-refractivity contribution is 0.300. The molecule has 1 aliphatic carbocycles. The number of nitrogens with one attached hydrogen (secondary N) is 2. The van der Waals surface area contributed by atoms with Gasteiger partial charge in [0.1, 0.15) is 5.71 Å². The molecule has 0 fully saturated rings. The van der Waals surface area contributed by atoms with E-state index < -0.39 is 20.0 Å². The van der Waals surface area contributed by atoms with E-state index in [9.17, 15) is 16.8 Å².